The molecule has 4 aliphatic rings. The highest BCUT2D eigenvalue weighted by atomic mass is 14.7. The highest BCUT2D eigenvalue weighted by molar-refractivity contribution is 5.15. The van der Waals surface area contributed by atoms with Gasteiger partial charge in [-0.2, -0.15) is 0 Å². The number of aromatic nitrogens is 2. The first-order valence-electron chi connectivity index (χ1n) is 25.4. The molecule has 0 amide bonds. The van der Waals surface area contributed by atoms with Gasteiger partial charge < -0.3 is 0 Å². The van der Waals surface area contributed by atoms with Crippen molar-refractivity contribution in [2.24, 2.45) is 47.3 Å². The SMILES string of the molecule is CCCCCCc1ccc(CC[C@H]2CC[C@H](CC[C@H]3CC[C@H](CC)CC3)CC2)nc1.CCc1ccc(CC[C@H]2CC[C@H](CC[C@H]3CC[C@H](CC)CC3)CC2)nc1. The zero-order valence-corrected chi connectivity index (χ0v) is 37.6. The van der Waals surface area contributed by atoms with E-state index in [-0.39, 0.29) is 0 Å². The molecule has 4 saturated carbocycles. The Kier molecular flexibility index (Phi) is 21.4. The fourth-order valence-corrected chi connectivity index (χ4v) is 11.4. The molecule has 0 saturated heterocycles. The van der Waals surface area contributed by atoms with E-state index in [2.05, 4.69) is 69.3 Å². The summed E-state index contributed by atoms with van der Waals surface area (Å²) >= 11 is 0. The molecule has 4 aliphatic carbocycles. The second kappa shape index (κ2) is 26.4. The molecule has 0 bridgehead atoms. The van der Waals surface area contributed by atoms with Gasteiger partial charge in [0.15, 0.2) is 0 Å². The molecule has 316 valence electrons. The Morgan fingerprint density at radius 3 is 1.05 bits per heavy atom. The van der Waals surface area contributed by atoms with Crippen LogP contribution in [-0.2, 0) is 25.7 Å². The molecule has 2 aromatic rings. The van der Waals surface area contributed by atoms with Crippen molar-refractivity contribution in [3.63, 3.8) is 0 Å². The predicted molar refractivity (Wildman–Crippen MR) is 243 cm³/mol. The fourth-order valence-electron chi connectivity index (χ4n) is 11.4. The van der Waals surface area contributed by atoms with Gasteiger partial charge in [-0.05, 0) is 116 Å². The van der Waals surface area contributed by atoms with Crippen molar-refractivity contribution < 1.29 is 0 Å². The lowest BCUT2D eigenvalue weighted by molar-refractivity contribution is 0.211. The molecule has 0 aromatic carbocycles. The van der Waals surface area contributed by atoms with Crippen LogP contribution in [0, 0.1) is 47.3 Å². The van der Waals surface area contributed by atoms with E-state index in [0.29, 0.717) is 0 Å². The predicted octanol–water partition coefficient (Wildman–Crippen LogP) is 16.3. The van der Waals surface area contributed by atoms with Crippen LogP contribution in [0.25, 0.3) is 0 Å². The van der Waals surface area contributed by atoms with Crippen LogP contribution in [0.3, 0.4) is 0 Å². The number of aryl methyl sites for hydroxylation is 4. The van der Waals surface area contributed by atoms with Crippen LogP contribution in [0.15, 0.2) is 36.7 Å². The lowest BCUT2D eigenvalue weighted by Crippen LogP contribution is -2.18. The lowest BCUT2D eigenvalue weighted by Gasteiger charge is -2.31. The Bertz CT molecular complexity index is 1230. The summed E-state index contributed by atoms with van der Waals surface area (Å²) in [5.41, 5.74) is 5.40. The smallest absolute Gasteiger partial charge is 0.0403 e. The van der Waals surface area contributed by atoms with Crippen molar-refractivity contribution >= 4 is 0 Å². The molecule has 4 fully saturated rings. The molecule has 2 heterocycles. The van der Waals surface area contributed by atoms with Gasteiger partial charge in [-0.3, -0.25) is 9.97 Å². The molecule has 6 rings (SSSR count). The third-order valence-corrected chi connectivity index (χ3v) is 16.1. The summed E-state index contributed by atoms with van der Waals surface area (Å²) in [5.74, 6) is 8.21. The van der Waals surface area contributed by atoms with Gasteiger partial charge in [-0.25, -0.2) is 0 Å². The van der Waals surface area contributed by atoms with Crippen LogP contribution >= 0.6 is 0 Å². The van der Waals surface area contributed by atoms with Gasteiger partial charge in [0, 0.05) is 23.8 Å². The summed E-state index contributed by atoms with van der Waals surface area (Å²) in [5, 5.41) is 0. The standard InChI is InChI=1S/C29H49N.C25H41N/c1-3-5-6-7-8-28-20-22-29(30-23-28)21-19-27-17-15-26(16-18-27)14-13-25-11-9-24(4-2)10-12-25;1-3-20-5-7-22(8-6-20)9-10-23-11-13-24(14-12-23)16-18-25-17-15-21(4-2)19-26-25/h20,22-27H,3-19,21H2,1-2H3;15,17,19-20,22-24H,3-14,16,18H2,1-2H3/t24-,25-,26-,27-;20-,22-,23-,24-. The molecular formula is C54H90N2. The molecule has 56 heavy (non-hydrogen) atoms. The zero-order chi connectivity index (χ0) is 39.2. The van der Waals surface area contributed by atoms with Gasteiger partial charge in [-0.1, -0.05) is 200 Å². The van der Waals surface area contributed by atoms with Crippen LogP contribution in [0.5, 0.6) is 0 Å². The first-order chi connectivity index (χ1) is 27.5. The number of hydrogen-bond acceptors (Lipinski definition) is 2. The third kappa shape index (κ3) is 16.9. The summed E-state index contributed by atoms with van der Waals surface area (Å²) in [6, 6.07) is 9.14. The minimum absolute atomic E-state index is 0.955. The monoisotopic (exact) mass is 767 g/mol. The van der Waals surface area contributed by atoms with Crippen molar-refractivity contribution in [1.29, 1.82) is 0 Å². The normalized spacial score (nSPS) is 28.4. The molecule has 0 aliphatic heterocycles. The van der Waals surface area contributed by atoms with E-state index in [4.69, 9.17) is 4.98 Å². The largest absolute Gasteiger partial charge is 0.261 e. The molecule has 2 heteroatoms. The molecule has 0 radical (unpaired) electrons. The minimum Gasteiger partial charge on any atom is -0.261 e. The van der Waals surface area contributed by atoms with Gasteiger partial charge >= 0.3 is 0 Å². The number of unbranched alkanes of at least 4 members (excludes halogenated alkanes) is 3. The van der Waals surface area contributed by atoms with Crippen LogP contribution in [0.1, 0.15) is 230 Å². The van der Waals surface area contributed by atoms with Crippen molar-refractivity contribution in [2.45, 2.75) is 233 Å². The molecule has 0 unspecified atom stereocenters. The van der Waals surface area contributed by atoms with E-state index in [1.54, 1.807) is 0 Å². The van der Waals surface area contributed by atoms with Crippen LogP contribution in [-0.4, -0.2) is 9.97 Å². The topological polar surface area (TPSA) is 25.8 Å². The average Bonchev–Trinajstić information content (AvgIpc) is 3.27. The molecule has 0 spiro atoms. The molecule has 0 atom stereocenters. The first-order valence-corrected chi connectivity index (χ1v) is 25.4. The lowest BCUT2D eigenvalue weighted by atomic mass is 9.74. The van der Waals surface area contributed by atoms with E-state index in [9.17, 15) is 0 Å². The van der Waals surface area contributed by atoms with E-state index in [0.717, 1.165) is 53.8 Å². The maximum Gasteiger partial charge on any atom is 0.0403 e. The molecule has 2 nitrogen and oxygen atoms in total. The van der Waals surface area contributed by atoms with Gasteiger partial charge in [0.1, 0.15) is 0 Å². The van der Waals surface area contributed by atoms with E-state index < -0.39 is 0 Å². The number of pyridine rings is 2. The molecular weight excluding hydrogens is 677 g/mol. The fraction of sp³-hybridized carbons (Fsp3) is 0.815. The van der Waals surface area contributed by atoms with Crippen LogP contribution < -0.4 is 0 Å². The number of nitrogens with zero attached hydrogens (tertiary/aromatic N) is 2. The Morgan fingerprint density at radius 1 is 0.375 bits per heavy atom. The highest BCUT2D eigenvalue weighted by Crippen LogP contribution is 2.40. The van der Waals surface area contributed by atoms with Crippen molar-refractivity contribution in [3.05, 3.63) is 59.2 Å². The Hall–Kier alpha value is -1.70. The number of hydrogen-bond donors (Lipinski definition) is 0. The van der Waals surface area contributed by atoms with E-state index in [1.807, 2.05) is 0 Å². The molecule has 0 N–H and O–H groups in total. The van der Waals surface area contributed by atoms with Gasteiger partial charge in [0.05, 0.1) is 0 Å². The van der Waals surface area contributed by atoms with E-state index in [1.165, 1.54) is 222 Å². The van der Waals surface area contributed by atoms with Crippen molar-refractivity contribution in [3.8, 4) is 0 Å². The summed E-state index contributed by atoms with van der Waals surface area (Å²) in [6.45, 7) is 9.23. The Labute approximate surface area is 348 Å². The summed E-state index contributed by atoms with van der Waals surface area (Å²) in [4.78, 5) is 9.41. The Balaban J connectivity index is 0.000000216. The second-order valence-corrected chi connectivity index (χ2v) is 20.1. The second-order valence-electron chi connectivity index (χ2n) is 20.1. The van der Waals surface area contributed by atoms with Gasteiger partial charge in [0.25, 0.3) is 0 Å². The van der Waals surface area contributed by atoms with Crippen molar-refractivity contribution in [2.75, 3.05) is 0 Å². The van der Waals surface area contributed by atoms with Gasteiger partial charge in [-0.15, -0.1) is 0 Å². The van der Waals surface area contributed by atoms with Gasteiger partial charge in [0.2, 0.25) is 0 Å². The Morgan fingerprint density at radius 2 is 0.732 bits per heavy atom. The van der Waals surface area contributed by atoms with E-state index >= 15 is 0 Å². The number of rotatable bonds is 20. The van der Waals surface area contributed by atoms with Crippen LogP contribution in [0.4, 0.5) is 0 Å². The summed E-state index contributed by atoms with van der Waals surface area (Å²) < 4.78 is 0. The third-order valence-electron chi connectivity index (χ3n) is 16.1. The minimum atomic E-state index is 0.955. The zero-order valence-electron chi connectivity index (χ0n) is 37.6. The highest BCUT2D eigenvalue weighted by Gasteiger charge is 2.26. The molecule has 2 aromatic heterocycles. The summed E-state index contributed by atoms with van der Waals surface area (Å²) in [6.07, 6.45) is 49.9. The average molecular weight is 767 g/mol. The first kappa shape index (κ1) is 45.4. The maximum atomic E-state index is 4.77. The van der Waals surface area contributed by atoms with Crippen molar-refractivity contribution in [1.82, 2.24) is 9.97 Å². The summed E-state index contributed by atoms with van der Waals surface area (Å²) in [7, 11) is 0. The van der Waals surface area contributed by atoms with Crippen LogP contribution in [0.2, 0.25) is 0 Å². The maximum absolute atomic E-state index is 4.77. The quantitative estimate of drug-likeness (QED) is 0.125.